The van der Waals surface area contributed by atoms with Gasteiger partial charge in [-0.2, -0.15) is 5.26 Å². The smallest absolute Gasteiger partial charge is 0.263 e. The molecule has 140 valence electrons. The van der Waals surface area contributed by atoms with Gasteiger partial charge < -0.3 is 15.3 Å². The normalized spacial score (nSPS) is 16.8. The van der Waals surface area contributed by atoms with Crippen LogP contribution in [0.5, 0.6) is 0 Å². The Bertz CT molecular complexity index is 655. The van der Waals surface area contributed by atoms with Gasteiger partial charge in [-0.15, -0.1) is 0 Å². The number of rotatable bonds is 7. The highest BCUT2D eigenvalue weighted by molar-refractivity contribution is 5.97. The minimum Gasteiger partial charge on any atom is -0.395 e. The Morgan fingerprint density at radius 2 is 1.96 bits per heavy atom. The van der Waals surface area contributed by atoms with Crippen LogP contribution in [-0.2, 0) is 11.2 Å². The van der Waals surface area contributed by atoms with E-state index >= 15 is 0 Å². The van der Waals surface area contributed by atoms with E-state index < -0.39 is 0 Å². The van der Waals surface area contributed by atoms with Crippen LogP contribution in [-0.4, -0.2) is 60.1 Å². The molecule has 0 aromatic heterocycles. The number of carbonyl (C=O) groups excluding carboxylic acids is 1. The lowest BCUT2D eigenvalue weighted by Gasteiger charge is -2.33. The van der Waals surface area contributed by atoms with Crippen molar-refractivity contribution in [2.45, 2.75) is 26.3 Å². The third kappa shape index (κ3) is 5.58. The minimum atomic E-state index is -0.350. The number of β-amino-alcohol motifs (C(OH)–C–C–N with tert-alkyl or cyclic N) is 1. The summed E-state index contributed by atoms with van der Waals surface area (Å²) in [7, 11) is 0. The summed E-state index contributed by atoms with van der Waals surface area (Å²) in [6.07, 6.45) is 2.63. The van der Waals surface area contributed by atoms with E-state index in [1.54, 1.807) is 6.20 Å². The van der Waals surface area contributed by atoms with Crippen LogP contribution < -0.4 is 5.32 Å². The van der Waals surface area contributed by atoms with Crippen molar-refractivity contribution in [3.05, 3.63) is 47.2 Å². The van der Waals surface area contributed by atoms with Crippen LogP contribution in [0, 0.1) is 11.3 Å². The van der Waals surface area contributed by atoms with Crippen molar-refractivity contribution in [3.63, 3.8) is 0 Å². The first-order valence-corrected chi connectivity index (χ1v) is 9.16. The Hall–Kier alpha value is -2.36. The summed E-state index contributed by atoms with van der Waals surface area (Å²) < 4.78 is 0. The van der Waals surface area contributed by atoms with Gasteiger partial charge in [0.25, 0.3) is 5.91 Å². The second-order valence-electron chi connectivity index (χ2n) is 6.55. The second kappa shape index (κ2) is 9.95. The van der Waals surface area contributed by atoms with Gasteiger partial charge in [-0.3, -0.25) is 9.69 Å². The molecule has 1 aliphatic rings. The van der Waals surface area contributed by atoms with E-state index in [-0.39, 0.29) is 24.1 Å². The Balaban J connectivity index is 1.94. The molecule has 1 unspecified atom stereocenters. The Labute approximate surface area is 155 Å². The molecular weight excluding hydrogens is 328 g/mol. The van der Waals surface area contributed by atoms with Gasteiger partial charge in [0.15, 0.2) is 0 Å². The van der Waals surface area contributed by atoms with E-state index in [0.717, 1.165) is 38.2 Å². The number of hydrogen-bond acceptors (Lipinski definition) is 5. The maximum absolute atomic E-state index is 12.4. The minimum absolute atomic E-state index is 0.123. The SMILES string of the molecule is CCc1ccc(C(C)NC(=O)/C(C#N)=C\N2CCN(CCO)CC2)cc1. The van der Waals surface area contributed by atoms with Gasteiger partial charge in [0.2, 0.25) is 0 Å². The fraction of sp³-hybridized carbons (Fsp3) is 0.500. The first-order chi connectivity index (χ1) is 12.6. The van der Waals surface area contributed by atoms with E-state index in [1.807, 2.05) is 30.0 Å². The molecule has 1 aromatic rings. The number of nitriles is 1. The molecule has 2 N–H and O–H groups in total. The predicted molar refractivity (Wildman–Crippen MR) is 101 cm³/mol. The summed E-state index contributed by atoms with van der Waals surface area (Å²) in [6, 6.07) is 10.0. The lowest BCUT2D eigenvalue weighted by atomic mass is 10.0. The van der Waals surface area contributed by atoms with Gasteiger partial charge in [-0.05, 0) is 24.5 Å². The van der Waals surface area contributed by atoms with E-state index in [9.17, 15) is 10.1 Å². The fourth-order valence-electron chi connectivity index (χ4n) is 2.98. The van der Waals surface area contributed by atoms with E-state index in [1.165, 1.54) is 5.56 Å². The van der Waals surface area contributed by atoms with Crippen molar-refractivity contribution in [2.24, 2.45) is 0 Å². The molecule has 1 heterocycles. The molecule has 1 atom stereocenters. The van der Waals surface area contributed by atoms with Crippen molar-refractivity contribution in [2.75, 3.05) is 39.3 Å². The summed E-state index contributed by atoms with van der Waals surface area (Å²) >= 11 is 0. The van der Waals surface area contributed by atoms with E-state index in [4.69, 9.17) is 5.11 Å². The van der Waals surface area contributed by atoms with E-state index in [2.05, 4.69) is 29.3 Å². The Kier molecular flexibility index (Phi) is 7.64. The maximum Gasteiger partial charge on any atom is 0.263 e. The van der Waals surface area contributed by atoms with Gasteiger partial charge >= 0.3 is 0 Å². The molecular formula is C20H28N4O2. The van der Waals surface area contributed by atoms with Crippen molar-refractivity contribution < 1.29 is 9.90 Å². The van der Waals surface area contributed by atoms with Crippen LogP contribution in [0.25, 0.3) is 0 Å². The van der Waals surface area contributed by atoms with Gasteiger partial charge in [0.05, 0.1) is 12.6 Å². The first-order valence-electron chi connectivity index (χ1n) is 9.16. The van der Waals surface area contributed by atoms with Gasteiger partial charge in [-0.1, -0.05) is 31.2 Å². The van der Waals surface area contributed by atoms with Crippen molar-refractivity contribution in [3.8, 4) is 6.07 Å². The van der Waals surface area contributed by atoms with Crippen LogP contribution in [0.3, 0.4) is 0 Å². The molecule has 1 amide bonds. The molecule has 26 heavy (non-hydrogen) atoms. The number of hydrogen-bond donors (Lipinski definition) is 2. The maximum atomic E-state index is 12.4. The van der Waals surface area contributed by atoms with Gasteiger partial charge in [0, 0.05) is 38.9 Å². The summed E-state index contributed by atoms with van der Waals surface area (Å²) in [4.78, 5) is 16.6. The Morgan fingerprint density at radius 3 is 2.50 bits per heavy atom. The molecule has 0 spiro atoms. The largest absolute Gasteiger partial charge is 0.395 e. The third-order valence-corrected chi connectivity index (χ3v) is 4.74. The number of piperazine rings is 1. The zero-order valence-electron chi connectivity index (χ0n) is 15.6. The molecule has 1 saturated heterocycles. The van der Waals surface area contributed by atoms with E-state index in [0.29, 0.717) is 6.54 Å². The van der Waals surface area contributed by atoms with Crippen molar-refractivity contribution in [1.82, 2.24) is 15.1 Å². The van der Waals surface area contributed by atoms with Crippen LogP contribution in [0.1, 0.15) is 31.0 Å². The molecule has 6 heteroatoms. The molecule has 6 nitrogen and oxygen atoms in total. The quantitative estimate of drug-likeness (QED) is 0.571. The molecule has 1 fully saturated rings. The van der Waals surface area contributed by atoms with Crippen molar-refractivity contribution >= 4 is 5.91 Å². The number of amides is 1. The monoisotopic (exact) mass is 356 g/mol. The van der Waals surface area contributed by atoms with Gasteiger partial charge in [-0.25, -0.2) is 0 Å². The highest BCUT2D eigenvalue weighted by Crippen LogP contribution is 2.15. The average Bonchev–Trinajstić information content (AvgIpc) is 2.67. The molecule has 0 aliphatic carbocycles. The van der Waals surface area contributed by atoms with Crippen LogP contribution in [0.2, 0.25) is 0 Å². The first kappa shape index (κ1) is 20.0. The number of aryl methyl sites for hydroxylation is 1. The lowest BCUT2D eigenvalue weighted by Crippen LogP contribution is -2.45. The molecule has 1 aliphatic heterocycles. The van der Waals surface area contributed by atoms with Crippen LogP contribution in [0.4, 0.5) is 0 Å². The standard InChI is InChI=1S/C20H28N4O2/c1-3-17-4-6-18(7-5-17)16(2)22-20(26)19(14-21)15-24-10-8-23(9-11-24)12-13-25/h4-7,15-16,25H,3,8-13H2,1-2H3,(H,22,26)/b19-15-. The summed E-state index contributed by atoms with van der Waals surface area (Å²) in [5.41, 5.74) is 2.40. The van der Waals surface area contributed by atoms with Crippen LogP contribution in [0.15, 0.2) is 36.0 Å². The molecule has 0 bridgehead atoms. The average molecular weight is 356 g/mol. The predicted octanol–water partition coefficient (Wildman–Crippen LogP) is 1.44. The number of carbonyl (C=O) groups is 1. The van der Waals surface area contributed by atoms with Gasteiger partial charge in [0.1, 0.15) is 11.6 Å². The Morgan fingerprint density at radius 1 is 1.31 bits per heavy atom. The summed E-state index contributed by atoms with van der Waals surface area (Å²) in [5, 5.41) is 21.3. The fourth-order valence-corrected chi connectivity index (χ4v) is 2.98. The number of nitrogens with zero attached hydrogens (tertiary/aromatic N) is 3. The highest BCUT2D eigenvalue weighted by Gasteiger charge is 2.18. The van der Waals surface area contributed by atoms with Crippen molar-refractivity contribution in [1.29, 1.82) is 5.26 Å². The summed E-state index contributed by atoms with van der Waals surface area (Å²) in [6.45, 7) is 7.96. The molecule has 2 rings (SSSR count). The number of nitrogens with one attached hydrogen (secondary N) is 1. The number of aliphatic hydroxyl groups excluding tert-OH is 1. The zero-order valence-corrected chi connectivity index (χ0v) is 15.6. The zero-order chi connectivity index (χ0) is 18.9. The third-order valence-electron chi connectivity index (χ3n) is 4.74. The number of benzene rings is 1. The van der Waals surface area contributed by atoms with Crippen LogP contribution >= 0.6 is 0 Å². The highest BCUT2D eigenvalue weighted by atomic mass is 16.3. The molecule has 0 saturated carbocycles. The molecule has 1 aromatic carbocycles. The molecule has 0 radical (unpaired) electrons. The summed E-state index contributed by atoms with van der Waals surface area (Å²) in [5.74, 6) is -0.350. The lowest BCUT2D eigenvalue weighted by molar-refractivity contribution is -0.117. The number of aliphatic hydroxyl groups is 1. The topological polar surface area (TPSA) is 79.6 Å². The second-order valence-corrected chi connectivity index (χ2v) is 6.55.